The molecule has 1 atom stereocenters. The molecule has 17 heavy (non-hydrogen) atoms. The number of imidazole rings is 1. The van der Waals surface area contributed by atoms with Crippen molar-refractivity contribution in [2.24, 2.45) is 5.92 Å². The standard InChI is InChI=1S/C13H23N3O/c1-9(2)12(8-17-4)16-7-10(3)14-13(16)15-11-5-6-11/h7,9,11-12H,5-6,8H2,1-4H3,(H,14,15). The van der Waals surface area contributed by atoms with Gasteiger partial charge in [-0.2, -0.15) is 0 Å². The van der Waals surface area contributed by atoms with E-state index in [1.54, 1.807) is 7.11 Å². The summed E-state index contributed by atoms with van der Waals surface area (Å²) in [6.07, 6.45) is 4.65. The van der Waals surface area contributed by atoms with E-state index < -0.39 is 0 Å². The van der Waals surface area contributed by atoms with Crippen molar-refractivity contribution in [2.45, 2.75) is 45.7 Å². The van der Waals surface area contributed by atoms with Crippen molar-refractivity contribution >= 4 is 5.95 Å². The van der Waals surface area contributed by atoms with Gasteiger partial charge >= 0.3 is 0 Å². The lowest BCUT2D eigenvalue weighted by atomic mass is 10.1. The van der Waals surface area contributed by atoms with Gasteiger partial charge in [0.25, 0.3) is 0 Å². The Bertz CT molecular complexity index is 369. The molecular formula is C13H23N3O. The van der Waals surface area contributed by atoms with E-state index in [9.17, 15) is 0 Å². The Hall–Kier alpha value is -1.03. The number of hydrogen-bond acceptors (Lipinski definition) is 3. The number of aromatic nitrogens is 2. The molecule has 1 unspecified atom stereocenters. The van der Waals surface area contributed by atoms with Crippen molar-refractivity contribution in [1.82, 2.24) is 9.55 Å². The van der Waals surface area contributed by atoms with Crippen LogP contribution in [0.3, 0.4) is 0 Å². The summed E-state index contributed by atoms with van der Waals surface area (Å²) in [6, 6.07) is 0.980. The van der Waals surface area contributed by atoms with Gasteiger partial charge in [-0.15, -0.1) is 0 Å². The Balaban J connectivity index is 2.20. The van der Waals surface area contributed by atoms with Crippen LogP contribution in [0, 0.1) is 12.8 Å². The molecule has 1 aromatic rings. The summed E-state index contributed by atoms with van der Waals surface area (Å²) < 4.78 is 7.57. The topological polar surface area (TPSA) is 39.1 Å². The Morgan fingerprint density at radius 3 is 2.76 bits per heavy atom. The fourth-order valence-corrected chi connectivity index (χ4v) is 2.05. The summed E-state index contributed by atoms with van der Waals surface area (Å²) in [5.74, 6) is 1.53. The minimum Gasteiger partial charge on any atom is -0.383 e. The number of anilines is 1. The maximum Gasteiger partial charge on any atom is 0.203 e. The van der Waals surface area contributed by atoms with Crippen LogP contribution in [-0.2, 0) is 4.74 Å². The Kier molecular flexibility index (Phi) is 3.72. The lowest BCUT2D eigenvalue weighted by Crippen LogP contribution is -2.22. The van der Waals surface area contributed by atoms with Crippen molar-refractivity contribution in [2.75, 3.05) is 19.0 Å². The normalized spacial score (nSPS) is 17.5. The van der Waals surface area contributed by atoms with E-state index in [0.29, 0.717) is 18.0 Å². The molecule has 0 spiro atoms. The van der Waals surface area contributed by atoms with Crippen LogP contribution in [0.2, 0.25) is 0 Å². The molecule has 0 saturated heterocycles. The average molecular weight is 237 g/mol. The van der Waals surface area contributed by atoms with Crippen molar-refractivity contribution in [3.05, 3.63) is 11.9 Å². The van der Waals surface area contributed by atoms with Gasteiger partial charge in [0.15, 0.2) is 0 Å². The molecule has 1 aliphatic rings. The SMILES string of the molecule is COCC(C(C)C)n1cc(C)nc1NC1CC1. The lowest BCUT2D eigenvalue weighted by Gasteiger charge is -2.23. The Morgan fingerprint density at radius 2 is 2.24 bits per heavy atom. The molecule has 1 heterocycles. The third kappa shape index (κ3) is 3.00. The summed E-state index contributed by atoms with van der Waals surface area (Å²) >= 11 is 0. The fraction of sp³-hybridized carbons (Fsp3) is 0.769. The van der Waals surface area contributed by atoms with E-state index in [1.807, 2.05) is 6.92 Å². The van der Waals surface area contributed by atoms with Crippen LogP contribution in [0.1, 0.15) is 38.4 Å². The summed E-state index contributed by atoms with van der Waals surface area (Å²) in [5.41, 5.74) is 1.06. The molecule has 0 bridgehead atoms. The van der Waals surface area contributed by atoms with Crippen LogP contribution in [0.25, 0.3) is 0 Å². The quantitative estimate of drug-likeness (QED) is 0.826. The van der Waals surface area contributed by atoms with Crippen LogP contribution in [0.15, 0.2) is 6.20 Å². The van der Waals surface area contributed by atoms with Crippen molar-refractivity contribution in [3.8, 4) is 0 Å². The molecule has 0 radical (unpaired) electrons. The molecule has 1 saturated carbocycles. The van der Waals surface area contributed by atoms with Crippen molar-refractivity contribution in [1.29, 1.82) is 0 Å². The first-order chi connectivity index (χ1) is 8.11. The van der Waals surface area contributed by atoms with Gasteiger partial charge in [0.2, 0.25) is 5.95 Å². The fourth-order valence-electron chi connectivity index (χ4n) is 2.05. The molecule has 0 amide bonds. The van der Waals surface area contributed by atoms with Gasteiger partial charge in [-0.25, -0.2) is 4.98 Å². The van der Waals surface area contributed by atoms with Gasteiger partial charge in [-0.1, -0.05) is 13.8 Å². The first-order valence-electron chi connectivity index (χ1n) is 6.42. The van der Waals surface area contributed by atoms with Gasteiger partial charge in [-0.05, 0) is 25.7 Å². The van der Waals surface area contributed by atoms with Crippen LogP contribution in [0.4, 0.5) is 5.95 Å². The summed E-state index contributed by atoms with van der Waals surface area (Å²) in [5, 5.41) is 3.50. The number of ether oxygens (including phenoxy) is 1. The summed E-state index contributed by atoms with van der Waals surface area (Å²) in [4.78, 5) is 4.57. The average Bonchev–Trinajstić information content (AvgIpc) is 2.99. The highest BCUT2D eigenvalue weighted by Gasteiger charge is 2.25. The van der Waals surface area contributed by atoms with E-state index >= 15 is 0 Å². The second kappa shape index (κ2) is 5.08. The highest BCUT2D eigenvalue weighted by Crippen LogP contribution is 2.28. The third-order valence-corrected chi connectivity index (χ3v) is 3.23. The lowest BCUT2D eigenvalue weighted by molar-refractivity contribution is 0.134. The summed E-state index contributed by atoms with van der Waals surface area (Å²) in [7, 11) is 1.76. The number of nitrogens with zero attached hydrogens (tertiary/aromatic N) is 2. The van der Waals surface area contributed by atoms with E-state index in [4.69, 9.17) is 4.74 Å². The molecule has 1 aliphatic carbocycles. The highest BCUT2D eigenvalue weighted by atomic mass is 16.5. The first kappa shape index (κ1) is 12.4. The molecule has 0 aliphatic heterocycles. The molecule has 4 heteroatoms. The molecule has 1 fully saturated rings. The number of nitrogens with one attached hydrogen (secondary N) is 1. The first-order valence-corrected chi connectivity index (χ1v) is 6.42. The number of rotatable bonds is 6. The van der Waals surface area contributed by atoms with Gasteiger partial charge in [-0.3, -0.25) is 0 Å². The van der Waals surface area contributed by atoms with Crippen molar-refractivity contribution in [3.63, 3.8) is 0 Å². The van der Waals surface area contributed by atoms with Crippen LogP contribution in [0.5, 0.6) is 0 Å². The van der Waals surface area contributed by atoms with E-state index in [-0.39, 0.29) is 0 Å². The zero-order valence-corrected chi connectivity index (χ0v) is 11.2. The molecule has 96 valence electrons. The minimum absolute atomic E-state index is 0.349. The van der Waals surface area contributed by atoms with E-state index in [1.165, 1.54) is 12.8 Å². The highest BCUT2D eigenvalue weighted by molar-refractivity contribution is 5.33. The minimum atomic E-state index is 0.349. The van der Waals surface area contributed by atoms with E-state index in [0.717, 1.165) is 18.2 Å². The van der Waals surface area contributed by atoms with Crippen LogP contribution >= 0.6 is 0 Å². The predicted octanol–water partition coefficient (Wildman–Crippen LogP) is 2.61. The smallest absolute Gasteiger partial charge is 0.203 e. The zero-order valence-electron chi connectivity index (χ0n) is 11.2. The molecule has 4 nitrogen and oxygen atoms in total. The largest absolute Gasteiger partial charge is 0.383 e. The zero-order chi connectivity index (χ0) is 12.4. The van der Waals surface area contributed by atoms with Gasteiger partial charge in [0.05, 0.1) is 18.3 Å². The number of hydrogen-bond donors (Lipinski definition) is 1. The molecule has 1 N–H and O–H groups in total. The molecular weight excluding hydrogens is 214 g/mol. The third-order valence-electron chi connectivity index (χ3n) is 3.23. The molecule has 2 rings (SSSR count). The monoisotopic (exact) mass is 237 g/mol. The van der Waals surface area contributed by atoms with Crippen molar-refractivity contribution < 1.29 is 4.74 Å². The Morgan fingerprint density at radius 1 is 1.53 bits per heavy atom. The van der Waals surface area contributed by atoms with Crippen LogP contribution in [-0.4, -0.2) is 29.3 Å². The maximum absolute atomic E-state index is 5.33. The van der Waals surface area contributed by atoms with Gasteiger partial charge < -0.3 is 14.6 Å². The molecule has 1 aromatic heterocycles. The van der Waals surface area contributed by atoms with E-state index in [2.05, 4.69) is 34.9 Å². The van der Waals surface area contributed by atoms with Gasteiger partial charge in [0, 0.05) is 19.3 Å². The Labute approximate surface area is 103 Å². The maximum atomic E-state index is 5.33. The predicted molar refractivity (Wildman–Crippen MR) is 69.4 cm³/mol. The number of methoxy groups -OCH3 is 1. The van der Waals surface area contributed by atoms with Gasteiger partial charge in [0.1, 0.15) is 0 Å². The van der Waals surface area contributed by atoms with Crippen LogP contribution < -0.4 is 5.32 Å². The second-order valence-corrected chi connectivity index (χ2v) is 5.30. The second-order valence-electron chi connectivity index (χ2n) is 5.30. The summed E-state index contributed by atoms with van der Waals surface area (Å²) in [6.45, 7) is 7.21. The number of aryl methyl sites for hydroxylation is 1. The molecule has 0 aromatic carbocycles.